The fourth-order valence-corrected chi connectivity index (χ4v) is 3.06. The molecule has 0 aliphatic carbocycles. The second-order valence-electron chi connectivity index (χ2n) is 7.12. The van der Waals surface area contributed by atoms with Gasteiger partial charge in [0.2, 0.25) is 11.6 Å². The maximum absolute atomic E-state index is 12.7. The Hall–Kier alpha value is -3.80. The van der Waals surface area contributed by atoms with Crippen molar-refractivity contribution in [2.75, 3.05) is 37.8 Å². The first-order valence-corrected chi connectivity index (χ1v) is 9.95. The zero-order chi connectivity index (χ0) is 22.4. The van der Waals surface area contributed by atoms with Gasteiger partial charge in [-0.25, -0.2) is 10.1 Å². The van der Waals surface area contributed by atoms with Gasteiger partial charge in [-0.2, -0.15) is 9.78 Å². The third kappa shape index (κ3) is 5.04. The molecule has 0 saturated carbocycles. The van der Waals surface area contributed by atoms with Gasteiger partial charge in [0.1, 0.15) is 12.2 Å². The van der Waals surface area contributed by atoms with E-state index in [0.717, 1.165) is 29.2 Å². The minimum Gasteiger partial charge on any atom is -0.378 e. The number of hydrogen-bond acceptors (Lipinski definition) is 9. The van der Waals surface area contributed by atoms with Crippen LogP contribution in [0.4, 0.5) is 11.5 Å². The molecule has 0 atom stereocenters. The number of nitrogens with one attached hydrogen (secondary N) is 2. The first-order valence-electron chi connectivity index (χ1n) is 9.95. The Morgan fingerprint density at radius 3 is 2.55 bits per heavy atom. The Labute approximate surface area is 179 Å². The smallest absolute Gasteiger partial charge is 0.294 e. The Morgan fingerprint density at radius 1 is 1.26 bits per heavy atom. The number of nitrogen functional groups attached to an aromatic ring is 1. The van der Waals surface area contributed by atoms with Crippen LogP contribution in [-0.2, 0) is 6.54 Å². The molecule has 164 valence electrons. The molecule has 4 N–H and O–H groups in total. The van der Waals surface area contributed by atoms with E-state index < -0.39 is 5.91 Å². The van der Waals surface area contributed by atoms with E-state index in [9.17, 15) is 4.79 Å². The highest BCUT2D eigenvalue weighted by Gasteiger charge is 2.25. The summed E-state index contributed by atoms with van der Waals surface area (Å²) in [7, 11) is 3.87. The lowest BCUT2D eigenvalue weighted by atomic mass is 10.2. The predicted molar refractivity (Wildman–Crippen MR) is 115 cm³/mol. The van der Waals surface area contributed by atoms with Crippen LogP contribution in [0.15, 0.2) is 34.0 Å². The number of quaternary nitrogens is 1. The number of carbonyl (C=O) groups is 1. The summed E-state index contributed by atoms with van der Waals surface area (Å²) < 4.78 is 5.98. The maximum atomic E-state index is 12.7. The van der Waals surface area contributed by atoms with Gasteiger partial charge in [-0.1, -0.05) is 17.3 Å². The van der Waals surface area contributed by atoms with Crippen LogP contribution in [0.5, 0.6) is 0 Å². The van der Waals surface area contributed by atoms with E-state index in [1.807, 2.05) is 38.4 Å². The standard InChI is InChI=1S/C19H26N10O2/c1-5-28(6-2)14-9-7-13(8-10-14)11-21-23-19(30)16-15(12-27(3)4)29(26-22-16)18-17(20)24-31-25-18/h7-11H,5-6,12H2,1-4H3,(H2,20,24)(H,23,30)/p+1. The second-order valence-corrected chi connectivity index (χ2v) is 7.12. The number of hydrogen-bond donors (Lipinski definition) is 3. The summed E-state index contributed by atoms with van der Waals surface area (Å²) in [5.74, 6) is -0.258. The third-order valence-electron chi connectivity index (χ3n) is 4.60. The van der Waals surface area contributed by atoms with E-state index in [2.05, 4.69) is 54.5 Å². The Kier molecular flexibility index (Phi) is 6.92. The molecule has 2 aromatic heterocycles. The van der Waals surface area contributed by atoms with Crippen molar-refractivity contribution in [2.45, 2.75) is 20.4 Å². The second kappa shape index (κ2) is 9.80. The Bertz CT molecular complexity index is 1030. The topological polar surface area (TPSA) is 145 Å². The lowest BCUT2D eigenvalue weighted by molar-refractivity contribution is -0.873. The number of nitrogens with two attached hydrogens (primary N) is 1. The van der Waals surface area contributed by atoms with Gasteiger partial charge in [0.15, 0.2) is 5.69 Å². The highest BCUT2D eigenvalue weighted by Crippen LogP contribution is 2.16. The lowest BCUT2D eigenvalue weighted by Crippen LogP contribution is -3.04. The van der Waals surface area contributed by atoms with Gasteiger partial charge >= 0.3 is 0 Å². The van der Waals surface area contributed by atoms with E-state index in [1.165, 1.54) is 4.68 Å². The van der Waals surface area contributed by atoms with Crippen LogP contribution in [0, 0.1) is 0 Å². The highest BCUT2D eigenvalue weighted by molar-refractivity contribution is 5.94. The normalized spacial score (nSPS) is 11.4. The van der Waals surface area contributed by atoms with Crippen molar-refractivity contribution in [1.82, 2.24) is 30.7 Å². The molecule has 0 aliphatic heterocycles. The molecule has 0 unspecified atom stereocenters. The van der Waals surface area contributed by atoms with Crippen LogP contribution in [0.1, 0.15) is 35.6 Å². The van der Waals surface area contributed by atoms with E-state index in [-0.39, 0.29) is 17.3 Å². The minimum atomic E-state index is -0.492. The molecule has 0 radical (unpaired) electrons. The van der Waals surface area contributed by atoms with Crippen LogP contribution in [-0.4, -0.2) is 64.6 Å². The molecule has 12 nitrogen and oxygen atoms in total. The Balaban J connectivity index is 1.74. The largest absolute Gasteiger partial charge is 0.378 e. The van der Waals surface area contributed by atoms with Gasteiger partial charge < -0.3 is 15.5 Å². The molecule has 0 bridgehead atoms. The van der Waals surface area contributed by atoms with Crippen LogP contribution in [0.2, 0.25) is 0 Å². The maximum Gasteiger partial charge on any atom is 0.294 e. The number of amides is 1. The summed E-state index contributed by atoms with van der Waals surface area (Å²) in [5, 5.41) is 19.3. The summed E-state index contributed by atoms with van der Waals surface area (Å²) in [6, 6.07) is 7.94. The third-order valence-corrected chi connectivity index (χ3v) is 4.60. The van der Waals surface area contributed by atoms with Crippen molar-refractivity contribution >= 4 is 23.6 Å². The molecule has 0 aliphatic rings. The summed E-state index contributed by atoms with van der Waals surface area (Å²) in [4.78, 5) is 16.0. The molecule has 0 spiro atoms. The van der Waals surface area contributed by atoms with Gasteiger partial charge in [0.05, 0.1) is 20.3 Å². The quantitative estimate of drug-likeness (QED) is 0.306. The van der Waals surface area contributed by atoms with Crippen molar-refractivity contribution in [1.29, 1.82) is 0 Å². The molecule has 12 heteroatoms. The SMILES string of the molecule is CCN(CC)c1ccc(C=NNC(=O)c2nnn(-c3nonc3N)c2C[NH+](C)C)cc1. The molecule has 3 aromatic rings. The first kappa shape index (κ1) is 21.9. The fourth-order valence-electron chi connectivity index (χ4n) is 3.06. The molecular formula is C19H27N10O2+. The number of nitrogens with zero attached hydrogens (tertiary/aromatic N) is 7. The Morgan fingerprint density at radius 2 is 1.97 bits per heavy atom. The van der Waals surface area contributed by atoms with Gasteiger partial charge in [-0.3, -0.25) is 4.79 Å². The van der Waals surface area contributed by atoms with E-state index in [4.69, 9.17) is 5.73 Å². The molecule has 1 aromatic carbocycles. The minimum absolute atomic E-state index is 0.0537. The number of anilines is 2. The van der Waals surface area contributed by atoms with Gasteiger partial charge in [-0.15, -0.1) is 5.10 Å². The van der Waals surface area contributed by atoms with Gasteiger partial charge in [0, 0.05) is 18.8 Å². The van der Waals surface area contributed by atoms with Crippen molar-refractivity contribution in [2.24, 2.45) is 5.10 Å². The number of benzene rings is 1. The van der Waals surface area contributed by atoms with E-state index >= 15 is 0 Å². The van der Waals surface area contributed by atoms with E-state index in [0.29, 0.717) is 12.2 Å². The number of aromatic nitrogens is 5. The number of hydrazone groups is 1. The zero-order valence-corrected chi connectivity index (χ0v) is 18.0. The fraction of sp³-hybridized carbons (Fsp3) is 0.368. The summed E-state index contributed by atoms with van der Waals surface area (Å²) in [6.45, 7) is 6.55. The molecule has 1 amide bonds. The summed E-state index contributed by atoms with van der Waals surface area (Å²) >= 11 is 0. The molecule has 2 heterocycles. The number of rotatable bonds is 9. The molecule has 0 fully saturated rings. The van der Waals surface area contributed by atoms with Crippen LogP contribution in [0.25, 0.3) is 5.82 Å². The average molecular weight is 427 g/mol. The molecule has 31 heavy (non-hydrogen) atoms. The van der Waals surface area contributed by atoms with Crippen molar-refractivity contribution in [3.05, 3.63) is 41.2 Å². The predicted octanol–water partition coefficient (Wildman–Crippen LogP) is -0.513. The van der Waals surface area contributed by atoms with Crippen LogP contribution in [0.3, 0.4) is 0 Å². The summed E-state index contributed by atoms with van der Waals surface area (Å²) in [6.07, 6.45) is 1.57. The molecular weight excluding hydrogens is 400 g/mol. The molecule has 3 rings (SSSR count). The number of carbonyl (C=O) groups excluding carboxylic acids is 1. The van der Waals surface area contributed by atoms with Crippen molar-refractivity contribution in [3.63, 3.8) is 0 Å². The molecule has 0 saturated heterocycles. The first-order chi connectivity index (χ1) is 14.9. The van der Waals surface area contributed by atoms with Crippen LogP contribution >= 0.6 is 0 Å². The van der Waals surface area contributed by atoms with E-state index in [1.54, 1.807) is 6.21 Å². The zero-order valence-electron chi connectivity index (χ0n) is 18.0. The van der Waals surface area contributed by atoms with Crippen LogP contribution < -0.4 is 21.0 Å². The van der Waals surface area contributed by atoms with Crippen molar-refractivity contribution < 1.29 is 14.3 Å². The van der Waals surface area contributed by atoms with Gasteiger partial charge in [0.25, 0.3) is 5.91 Å². The summed E-state index contributed by atoms with van der Waals surface area (Å²) in [5.41, 5.74) is 10.9. The highest BCUT2D eigenvalue weighted by atomic mass is 16.6. The van der Waals surface area contributed by atoms with Gasteiger partial charge in [-0.05, 0) is 41.9 Å². The average Bonchev–Trinajstić information content (AvgIpc) is 3.35. The lowest BCUT2D eigenvalue weighted by Gasteiger charge is -2.20. The van der Waals surface area contributed by atoms with Crippen molar-refractivity contribution in [3.8, 4) is 5.82 Å². The monoisotopic (exact) mass is 427 g/mol.